The Balaban J connectivity index is 1.69. The van der Waals surface area contributed by atoms with Gasteiger partial charge in [-0.05, 0) is 73.5 Å². The van der Waals surface area contributed by atoms with Crippen molar-refractivity contribution in [2.75, 3.05) is 6.61 Å². The zero-order chi connectivity index (χ0) is 29.4. The second-order valence-electron chi connectivity index (χ2n) is 14.1. The smallest absolute Gasteiger partial charge is 0.302 e. The number of hydrogen-bond donors (Lipinski definition) is 1. The summed E-state index contributed by atoms with van der Waals surface area (Å²) in [6, 6.07) is 0. The van der Waals surface area contributed by atoms with E-state index in [1.165, 1.54) is 32.8 Å². The van der Waals surface area contributed by atoms with Crippen molar-refractivity contribution >= 4 is 17.9 Å². The minimum absolute atomic E-state index is 0.133. The maximum Gasteiger partial charge on any atom is 0.302 e. The zero-order valence-electron chi connectivity index (χ0n) is 25.7. The first-order chi connectivity index (χ1) is 18.8. The van der Waals surface area contributed by atoms with Crippen LogP contribution in [-0.4, -0.2) is 47.9 Å². The van der Waals surface area contributed by atoms with Gasteiger partial charge in [0.25, 0.3) is 0 Å². The molecule has 40 heavy (non-hydrogen) atoms. The average Bonchev–Trinajstić information content (AvgIpc) is 3.16. The molecule has 7 heteroatoms. The number of carbonyl (C=O) groups excluding carboxylic acids is 3. The van der Waals surface area contributed by atoms with Gasteiger partial charge in [0.1, 0.15) is 12.2 Å². The maximum absolute atomic E-state index is 12.3. The van der Waals surface area contributed by atoms with Crippen molar-refractivity contribution in [3.63, 3.8) is 0 Å². The van der Waals surface area contributed by atoms with E-state index in [1.54, 1.807) is 0 Å². The maximum atomic E-state index is 12.3. The molecule has 0 aromatic carbocycles. The molecule has 226 valence electrons. The third kappa shape index (κ3) is 6.00. The highest BCUT2D eigenvalue weighted by atomic mass is 16.6. The van der Waals surface area contributed by atoms with Crippen molar-refractivity contribution < 1.29 is 33.7 Å². The summed E-state index contributed by atoms with van der Waals surface area (Å²) >= 11 is 0. The second-order valence-corrected chi connectivity index (χ2v) is 14.1. The van der Waals surface area contributed by atoms with Crippen LogP contribution in [0.5, 0.6) is 0 Å². The molecule has 0 aliphatic heterocycles. The molecule has 0 saturated heterocycles. The first-order valence-electron chi connectivity index (χ1n) is 15.6. The van der Waals surface area contributed by atoms with Crippen molar-refractivity contribution in [2.45, 2.75) is 125 Å². The van der Waals surface area contributed by atoms with Crippen LogP contribution < -0.4 is 0 Å². The number of carbonyl (C=O) groups is 3. The van der Waals surface area contributed by atoms with Crippen LogP contribution >= 0.6 is 0 Å². The average molecular weight is 561 g/mol. The van der Waals surface area contributed by atoms with Crippen LogP contribution in [0.15, 0.2) is 11.6 Å². The Morgan fingerprint density at radius 2 is 1.68 bits per heavy atom. The number of ether oxygens (including phenoxy) is 3. The predicted molar refractivity (Wildman–Crippen MR) is 152 cm³/mol. The van der Waals surface area contributed by atoms with Gasteiger partial charge >= 0.3 is 17.9 Å². The van der Waals surface area contributed by atoms with E-state index >= 15 is 0 Å². The molecule has 0 amide bonds. The molecule has 3 fully saturated rings. The van der Waals surface area contributed by atoms with Crippen molar-refractivity contribution in [1.29, 1.82) is 0 Å². The minimum atomic E-state index is -0.678. The molecular weight excluding hydrogens is 508 g/mol. The summed E-state index contributed by atoms with van der Waals surface area (Å²) < 4.78 is 17.6. The van der Waals surface area contributed by atoms with Gasteiger partial charge in [-0.1, -0.05) is 58.6 Å². The number of esters is 3. The number of aliphatic hydroxyl groups is 1. The van der Waals surface area contributed by atoms with Crippen LogP contribution in [0.1, 0.15) is 106 Å². The topological polar surface area (TPSA) is 99.1 Å². The lowest BCUT2D eigenvalue weighted by atomic mass is 9.46. The van der Waals surface area contributed by atoms with E-state index in [9.17, 15) is 19.5 Å². The van der Waals surface area contributed by atoms with Gasteiger partial charge in [0.2, 0.25) is 0 Å². The monoisotopic (exact) mass is 560 g/mol. The predicted octanol–water partition coefficient (Wildman–Crippen LogP) is 6.02. The van der Waals surface area contributed by atoms with Gasteiger partial charge in [-0.15, -0.1) is 0 Å². The third-order valence-corrected chi connectivity index (χ3v) is 11.1. The standard InChI is InChI=1S/C33H52O7/c1-19(2)9-8-10-20(3)31-29(39-22(5)35)16-27-25-12-11-24-15-28(37)30(40-23(6)36)17-32(24,7)26(25)13-14-33(27,31)18-38-21(4)34/h11,19-20,25-31,37H,8-10,12-18H2,1-7H3/t20-,25-,26+,27+,28+,29+,30-,31?,32+,33-/m1/s1. The van der Waals surface area contributed by atoms with E-state index in [0.717, 1.165) is 38.5 Å². The Labute approximate surface area is 240 Å². The van der Waals surface area contributed by atoms with Crippen molar-refractivity contribution in [3.8, 4) is 0 Å². The Kier molecular flexibility index (Phi) is 9.43. The molecule has 10 atom stereocenters. The van der Waals surface area contributed by atoms with Crippen LogP contribution in [0, 0.1) is 46.3 Å². The van der Waals surface area contributed by atoms with Crippen molar-refractivity contribution in [2.24, 2.45) is 46.3 Å². The highest BCUT2D eigenvalue weighted by Crippen LogP contribution is 2.68. The fourth-order valence-corrected chi connectivity index (χ4v) is 9.64. The van der Waals surface area contributed by atoms with Crippen LogP contribution in [0.3, 0.4) is 0 Å². The first-order valence-corrected chi connectivity index (χ1v) is 15.6. The molecule has 4 aliphatic carbocycles. The van der Waals surface area contributed by atoms with Gasteiger partial charge in [-0.25, -0.2) is 0 Å². The van der Waals surface area contributed by atoms with Gasteiger partial charge in [0.15, 0.2) is 0 Å². The lowest BCUT2D eigenvalue weighted by Gasteiger charge is -2.59. The fraction of sp³-hybridized carbons (Fsp3) is 0.848. The van der Waals surface area contributed by atoms with Gasteiger partial charge in [-0.3, -0.25) is 14.4 Å². The molecule has 1 N–H and O–H groups in total. The molecular formula is C33H52O7. The Bertz CT molecular complexity index is 987. The summed E-state index contributed by atoms with van der Waals surface area (Å²) in [6.45, 7) is 13.9. The molecule has 0 aromatic heterocycles. The number of rotatable bonds is 9. The zero-order valence-corrected chi connectivity index (χ0v) is 25.7. The van der Waals surface area contributed by atoms with Crippen molar-refractivity contribution in [3.05, 3.63) is 11.6 Å². The molecule has 1 unspecified atom stereocenters. The highest BCUT2D eigenvalue weighted by Gasteiger charge is 2.65. The van der Waals surface area contributed by atoms with Crippen LogP contribution in [0.2, 0.25) is 0 Å². The summed E-state index contributed by atoms with van der Waals surface area (Å²) in [5, 5.41) is 10.8. The Hall–Kier alpha value is -1.89. The van der Waals surface area contributed by atoms with Gasteiger partial charge in [-0.2, -0.15) is 0 Å². The fourth-order valence-electron chi connectivity index (χ4n) is 9.64. The van der Waals surface area contributed by atoms with E-state index in [4.69, 9.17) is 14.2 Å². The summed E-state index contributed by atoms with van der Waals surface area (Å²) in [7, 11) is 0. The molecule has 0 aromatic rings. The lowest BCUT2D eigenvalue weighted by Crippen LogP contribution is -2.55. The van der Waals surface area contributed by atoms with Crippen LogP contribution in [0.25, 0.3) is 0 Å². The molecule has 0 bridgehead atoms. The number of aliphatic hydroxyl groups excluding tert-OH is 1. The highest BCUT2D eigenvalue weighted by molar-refractivity contribution is 5.67. The van der Waals surface area contributed by atoms with E-state index < -0.39 is 12.2 Å². The summed E-state index contributed by atoms with van der Waals surface area (Å²) in [5.41, 5.74) is 0.869. The normalized spacial score (nSPS) is 39.3. The molecule has 3 saturated carbocycles. The Morgan fingerprint density at radius 3 is 2.30 bits per heavy atom. The summed E-state index contributed by atoms with van der Waals surface area (Å²) in [5.74, 6) is 1.21. The molecule has 0 heterocycles. The van der Waals surface area contributed by atoms with Crippen LogP contribution in [0.4, 0.5) is 0 Å². The molecule has 7 nitrogen and oxygen atoms in total. The number of hydrogen-bond acceptors (Lipinski definition) is 7. The largest absolute Gasteiger partial charge is 0.465 e. The number of fused-ring (bicyclic) bond motifs is 5. The summed E-state index contributed by atoms with van der Waals surface area (Å²) in [6.07, 6.45) is 9.06. The third-order valence-electron chi connectivity index (χ3n) is 11.1. The van der Waals surface area contributed by atoms with Crippen molar-refractivity contribution in [1.82, 2.24) is 0 Å². The van der Waals surface area contributed by atoms with E-state index in [0.29, 0.717) is 43.1 Å². The van der Waals surface area contributed by atoms with Gasteiger partial charge in [0.05, 0.1) is 12.7 Å². The molecule has 0 radical (unpaired) electrons. The van der Waals surface area contributed by atoms with Gasteiger partial charge in [0, 0.05) is 32.1 Å². The van der Waals surface area contributed by atoms with Gasteiger partial charge < -0.3 is 19.3 Å². The molecule has 4 rings (SSSR count). The number of allylic oxidation sites excluding steroid dienone is 1. The SMILES string of the molecule is CC(=O)OC[C@]12CC[C@H]3[C@@H](CC=C4C[C@H](O)[C@H](OC(C)=O)C[C@@]43C)[C@@H]1C[C@H](OC(C)=O)C2[C@H](C)CCCC(C)C. The van der Waals surface area contributed by atoms with E-state index in [1.807, 2.05) is 0 Å². The second kappa shape index (κ2) is 12.1. The van der Waals surface area contributed by atoms with Crippen LogP contribution in [-0.2, 0) is 28.6 Å². The minimum Gasteiger partial charge on any atom is -0.465 e. The summed E-state index contributed by atoms with van der Waals surface area (Å²) in [4.78, 5) is 36.3. The lowest BCUT2D eigenvalue weighted by molar-refractivity contribution is -0.166. The Morgan fingerprint density at radius 1 is 1.00 bits per heavy atom. The molecule has 0 spiro atoms. The van der Waals surface area contributed by atoms with E-state index in [-0.39, 0.29) is 46.7 Å². The first kappa shape index (κ1) is 31.1. The molecule has 4 aliphatic rings. The van der Waals surface area contributed by atoms with E-state index in [2.05, 4.69) is 33.8 Å². The quantitative estimate of drug-likeness (QED) is 0.209.